The number of hydrogen-bond acceptors (Lipinski definition) is 3. The number of aliphatic hydroxyl groups is 1. The van der Waals surface area contributed by atoms with Crippen molar-refractivity contribution < 1.29 is 9.90 Å². The van der Waals surface area contributed by atoms with Crippen LogP contribution in [0.15, 0.2) is 18.3 Å². The van der Waals surface area contributed by atoms with Crippen LogP contribution in [-0.4, -0.2) is 34.3 Å². The molecule has 0 radical (unpaired) electrons. The summed E-state index contributed by atoms with van der Waals surface area (Å²) >= 11 is 0. The van der Waals surface area contributed by atoms with Gasteiger partial charge in [-0.3, -0.25) is 4.79 Å². The van der Waals surface area contributed by atoms with Gasteiger partial charge in [0.05, 0.1) is 6.10 Å². The Balaban J connectivity index is 1.93. The molecule has 1 amide bonds. The molecule has 1 heterocycles. The molecule has 0 aromatic carbocycles. The third-order valence-corrected chi connectivity index (χ3v) is 3.07. The van der Waals surface area contributed by atoms with Crippen LogP contribution >= 0.6 is 0 Å². The first-order valence-corrected chi connectivity index (χ1v) is 5.98. The predicted octanol–water partition coefficient (Wildman–Crippen LogP) is 0.261. The van der Waals surface area contributed by atoms with E-state index in [1.54, 1.807) is 6.92 Å². The van der Waals surface area contributed by atoms with Crippen molar-refractivity contribution in [3.63, 3.8) is 0 Å². The molecule has 94 valence electrons. The first-order chi connectivity index (χ1) is 8.09. The summed E-state index contributed by atoms with van der Waals surface area (Å²) in [5.74, 6) is -0.127. The van der Waals surface area contributed by atoms with E-state index in [0.29, 0.717) is 11.7 Å². The molecule has 0 saturated heterocycles. The minimum Gasteiger partial charge on any atom is -0.392 e. The van der Waals surface area contributed by atoms with E-state index in [0.717, 1.165) is 12.8 Å². The highest BCUT2D eigenvalue weighted by Crippen LogP contribution is 2.35. The fourth-order valence-corrected chi connectivity index (χ4v) is 1.73. The standard InChI is InChI=1S/C12H19N3O2/c1-8(16)10(13)7-14-12(17)11-3-2-6-15(11)9-4-5-9/h2-3,6,8-10,16H,4-5,7,13H2,1H3,(H,14,17). The smallest absolute Gasteiger partial charge is 0.267 e. The molecule has 5 nitrogen and oxygen atoms in total. The number of aromatic nitrogens is 1. The third kappa shape index (κ3) is 2.87. The number of nitrogens with two attached hydrogens (primary N) is 1. The summed E-state index contributed by atoms with van der Waals surface area (Å²) in [6.07, 6.45) is 3.59. The molecule has 1 fully saturated rings. The Morgan fingerprint density at radius 1 is 1.71 bits per heavy atom. The lowest BCUT2D eigenvalue weighted by Gasteiger charge is -2.15. The fourth-order valence-electron chi connectivity index (χ4n) is 1.73. The Morgan fingerprint density at radius 3 is 3.00 bits per heavy atom. The van der Waals surface area contributed by atoms with Crippen LogP contribution in [0.3, 0.4) is 0 Å². The van der Waals surface area contributed by atoms with Gasteiger partial charge in [0.15, 0.2) is 0 Å². The van der Waals surface area contributed by atoms with Crippen molar-refractivity contribution in [3.8, 4) is 0 Å². The van der Waals surface area contributed by atoms with Crippen molar-refractivity contribution in [1.82, 2.24) is 9.88 Å². The number of nitrogens with one attached hydrogen (secondary N) is 1. The second-order valence-corrected chi connectivity index (χ2v) is 4.65. The Kier molecular flexibility index (Phi) is 3.49. The zero-order valence-electron chi connectivity index (χ0n) is 9.97. The normalized spacial score (nSPS) is 18.8. The van der Waals surface area contributed by atoms with Gasteiger partial charge in [-0.2, -0.15) is 0 Å². The van der Waals surface area contributed by atoms with Gasteiger partial charge in [0, 0.05) is 24.8 Å². The van der Waals surface area contributed by atoms with Gasteiger partial charge in [0.1, 0.15) is 5.69 Å². The Labute approximate surface area is 101 Å². The largest absolute Gasteiger partial charge is 0.392 e. The quantitative estimate of drug-likeness (QED) is 0.687. The number of nitrogens with zero attached hydrogens (tertiary/aromatic N) is 1. The molecule has 5 heteroatoms. The van der Waals surface area contributed by atoms with Crippen LogP contribution in [0.25, 0.3) is 0 Å². The van der Waals surface area contributed by atoms with E-state index in [-0.39, 0.29) is 12.5 Å². The molecule has 1 aromatic rings. The van der Waals surface area contributed by atoms with Crippen LogP contribution in [0, 0.1) is 0 Å². The van der Waals surface area contributed by atoms with E-state index in [1.165, 1.54) is 0 Å². The van der Waals surface area contributed by atoms with E-state index in [4.69, 9.17) is 5.73 Å². The molecule has 0 aliphatic heterocycles. The molecular formula is C12H19N3O2. The van der Waals surface area contributed by atoms with Gasteiger partial charge >= 0.3 is 0 Å². The lowest BCUT2D eigenvalue weighted by Crippen LogP contribution is -2.44. The highest BCUT2D eigenvalue weighted by Gasteiger charge is 2.26. The summed E-state index contributed by atoms with van der Waals surface area (Å²) in [6.45, 7) is 1.90. The topological polar surface area (TPSA) is 80.3 Å². The van der Waals surface area contributed by atoms with Crippen LogP contribution < -0.4 is 11.1 Å². The second kappa shape index (κ2) is 4.89. The number of carbonyl (C=O) groups is 1. The number of hydrogen-bond donors (Lipinski definition) is 3. The molecular weight excluding hydrogens is 218 g/mol. The average molecular weight is 237 g/mol. The van der Waals surface area contributed by atoms with Crippen LogP contribution in [0.2, 0.25) is 0 Å². The number of amides is 1. The summed E-state index contributed by atoms with van der Waals surface area (Å²) in [6, 6.07) is 3.74. The van der Waals surface area contributed by atoms with Crippen LogP contribution in [0.5, 0.6) is 0 Å². The van der Waals surface area contributed by atoms with Crippen molar-refractivity contribution in [3.05, 3.63) is 24.0 Å². The van der Waals surface area contributed by atoms with Gasteiger partial charge < -0.3 is 20.7 Å². The Hall–Kier alpha value is -1.33. The van der Waals surface area contributed by atoms with Gasteiger partial charge in [0.2, 0.25) is 0 Å². The van der Waals surface area contributed by atoms with Gasteiger partial charge in [-0.1, -0.05) is 0 Å². The van der Waals surface area contributed by atoms with Gasteiger partial charge in [-0.15, -0.1) is 0 Å². The monoisotopic (exact) mass is 237 g/mol. The number of aliphatic hydroxyl groups excluding tert-OH is 1. The fraction of sp³-hybridized carbons (Fsp3) is 0.583. The predicted molar refractivity (Wildman–Crippen MR) is 64.7 cm³/mol. The van der Waals surface area contributed by atoms with E-state index in [2.05, 4.69) is 5.32 Å². The van der Waals surface area contributed by atoms with Crippen LogP contribution in [0.1, 0.15) is 36.3 Å². The van der Waals surface area contributed by atoms with Crippen molar-refractivity contribution in [1.29, 1.82) is 0 Å². The maximum atomic E-state index is 11.9. The molecule has 2 unspecified atom stereocenters. The maximum absolute atomic E-state index is 11.9. The average Bonchev–Trinajstić information content (AvgIpc) is 3.03. The zero-order chi connectivity index (χ0) is 12.4. The first kappa shape index (κ1) is 12.1. The maximum Gasteiger partial charge on any atom is 0.267 e. The van der Waals surface area contributed by atoms with Crippen LogP contribution in [0.4, 0.5) is 0 Å². The molecule has 4 N–H and O–H groups in total. The van der Waals surface area contributed by atoms with E-state index < -0.39 is 12.1 Å². The second-order valence-electron chi connectivity index (χ2n) is 4.65. The lowest BCUT2D eigenvalue weighted by molar-refractivity contribution is 0.0928. The van der Waals surface area contributed by atoms with Crippen molar-refractivity contribution in [2.45, 2.75) is 38.0 Å². The summed E-state index contributed by atoms with van der Waals surface area (Å²) in [5.41, 5.74) is 6.33. The number of carbonyl (C=O) groups excluding carboxylic acids is 1. The van der Waals surface area contributed by atoms with E-state index in [9.17, 15) is 9.90 Å². The third-order valence-electron chi connectivity index (χ3n) is 3.07. The molecule has 0 bridgehead atoms. The van der Waals surface area contributed by atoms with Gasteiger partial charge in [-0.05, 0) is 31.9 Å². The van der Waals surface area contributed by atoms with Crippen molar-refractivity contribution >= 4 is 5.91 Å². The summed E-state index contributed by atoms with van der Waals surface area (Å²) in [7, 11) is 0. The van der Waals surface area contributed by atoms with Crippen molar-refractivity contribution in [2.75, 3.05) is 6.54 Å². The van der Waals surface area contributed by atoms with E-state index >= 15 is 0 Å². The zero-order valence-corrected chi connectivity index (χ0v) is 9.97. The summed E-state index contributed by atoms with van der Waals surface area (Å²) in [5, 5.41) is 12.0. The Bertz CT molecular complexity index is 396. The molecule has 17 heavy (non-hydrogen) atoms. The van der Waals surface area contributed by atoms with E-state index in [1.807, 2.05) is 22.9 Å². The summed E-state index contributed by atoms with van der Waals surface area (Å²) < 4.78 is 2.00. The summed E-state index contributed by atoms with van der Waals surface area (Å²) in [4.78, 5) is 11.9. The van der Waals surface area contributed by atoms with Crippen molar-refractivity contribution in [2.24, 2.45) is 5.73 Å². The highest BCUT2D eigenvalue weighted by molar-refractivity contribution is 5.92. The molecule has 2 rings (SSSR count). The number of rotatable bonds is 5. The molecule has 1 saturated carbocycles. The molecule has 1 aromatic heterocycles. The lowest BCUT2D eigenvalue weighted by atomic mass is 10.2. The minimum atomic E-state index is -0.620. The Morgan fingerprint density at radius 2 is 2.41 bits per heavy atom. The van der Waals surface area contributed by atoms with Gasteiger partial charge in [0.25, 0.3) is 5.91 Å². The molecule has 0 spiro atoms. The molecule has 2 atom stereocenters. The molecule has 1 aliphatic carbocycles. The minimum absolute atomic E-state index is 0.127. The molecule has 1 aliphatic rings. The van der Waals surface area contributed by atoms with Gasteiger partial charge in [-0.25, -0.2) is 0 Å². The van der Waals surface area contributed by atoms with Crippen LogP contribution in [-0.2, 0) is 0 Å². The first-order valence-electron chi connectivity index (χ1n) is 5.98. The highest BCUT2D eigenvalue weighted by atomic mass is 16.3. The SMILES string of the molecule is CC(O)C(N)CNC(=O)c1cccn1C1CC1.